The van der Waals surface area contributed by atoms with E-state index in [0.29, 0.717) is 11.2 Å². The average molecular weight is 225 g/mol. The normalized spacial score (nSPS) is 20.3. The highest BCUT2D eigenvalue weighted by atomic mass is 35.5. The predicted molar refractivity (Wildman–Crippen MR) is 59.4 cm³/mol. The van der Waals surface area contributed by atoms with Crippen LogP contribution in [0.25, 0.3) is 0 Å². The van der Waals surface area contributed by atoms with Crippen LogP contribution in [0.5, 0.6) is 0 Å². The number of aromatic nitrogens is 3. The molecule has 0 aromatic carbocycles. The standard InChI is InChI=1S/C10H13ClN4/c1-7(2)15-6-12-14-10(15)8-4-3-5-9(11)13-8/h3-8,13H,1-2H3. The molecule has 1 aromatic heterocycles. The average Bonchev–Trinajstić information content (AvgIpc) is 2.65. The van der Waals surface area contributed by atoms with Gasteiger partial charge in [-0.2, -0.15) is 0 Å². The first kappa shape index (κ1) is 10.2. The minimum absolute atomic E-state index is 0.00685. The molecular weight excluding hydrogens is 212 g/mol. The van der Waals surface area contributed by atoms with Crippen LogP contribution in [0.2, 0.25) is 0 Å². The number of halogens is 1. The van der Waals surface area contributed by atoms with Gasteiger partial charge in [0, 0.05) is 6.04 Å². The molecule has 4 nitrogen and oxygen atoms in total. The number of hydrogen-bond donors (Lipinski definition) is 1. The summed E-state index contributed by atoms with van der Waals surface area (Å²) in [5.41, 5.74) is 0. The van der Waals surface area contributed by atoms with Crippen molar-refractivity contribution >= 4 is 11.6 Å². The molecule has 0 fully saturated rings. The van der Waals surface area contributed by atoms with Crippen LogP contribution in [0.15, 0.2) is 29.7 Å². The van der Waals surface area contributed by atoms with Crippen LogP contribution in [0.1, 0.15) is 31.8 Å². The minimum atomic E-state index is 0.00685. The number of hydrogen-bond acceptors (Lipinski definition) is 3. The summed E-state index contributed by atoms with van der Waals surface area (Å²) < 4.78 is 2.03. The van der Waals surface area contributed by atoms with Crippen LogP contribution >= 0.6 is 11.6 Å². The van der Waals surface area contributed by atoms with E-state index in [2.05, 4.69) is 29.4 Å². The van der Waals surface area contributed by atoms with E-state index < -0.39 is 0 Å². The zero-order valence-electron chi connectivity index (χ0n) is 8.68. The van der Waals surface area contributed by atoms with Gasteiger partial charge in [0.05, 0.1) is 0 Å². The lowest BCUT2D eigenvalue weighted by Gasteiger charge is -2.19. The molecule has 0 bridgehead atoms. The van der Waals surface area contributed by atoms with Gasteiger partial charge < -0.3 is 9.88 Å². The summed E-state index contributed by atoms with van der Waals surface area (Å²) in [6.45, 7) is 4.19. The second-order valence-corrected chi connectivity index (χ2v) is 4.12. The molecule has 0 amide bonds. The lowest BCUT2D eigenvalue weighted by atomic mass is 10.2. The van der Waals surface area contributed by atoms with E-state index >= 15 is 0 Å². The maximum Gasteiger partial charge on any atom is 0.159 e. The molecule has 5 heteroatoms. The van der Waals surface area contributed by atoms with Gasteiger partial charge in [0.15, 0.2) is 5.82 Å². The Morgan fingerprint density at radius 1 is 1.53 bits per heavy atom. The van der Waals surface area contributed by atoms with E-state index in [1.165, 1.54) is 0 Å². The van der Waals surface area contributed by atoms with Crippen LogP contribution < -0.4 is 5.32 Å². The molecule has 2 rings (SSSR count). The molecule has 1 aliphatic heterocycles. The molecule has 0 saturated carbocycles. The van der Waals surface area contributed by atoms with Crippen molar-refractivity contribution in [1.82, 2.24) is 20.1 Å². The highest BCUT2D eigenvalue weighted by Gasteiger charge is 2.18. The second kappa shape index (κ2) is 4.06. The summed E-state index contributed by atoms with van der Waals surface area (Å²) in [6, 6.07) is 0.349. The van der Waals surface area contributed by atoms with Gasteiger partial charge in [0.25, 0.3) is 0 Å². The van der Waals surface area contributed by atoms with Crippen molar-refractivity contribution in [3.05, 3.63) is 35.5 Å². The summed E-state index contributed by atoms with van der Waals surface area (Å²) in [5.74, 6) is 0.882. The van der Waals surface area contributed by atoms with Crippen molar-refractivity contribution in [2.45, 2.75) is 25.9 Å². The Bertz CT molecular complexity index is 405. The van der Waals surface area contributed by atoms with Crippen molar-refractivity contribution in [2.24, 2.45) is 0 Å². The van der Waals surface area contributed by atoms with Crippen molar-refractivity contribution in [3.8, 4) is 0 Å². The summed E-state index contributed by atoms with van der Waals surface area (Å²) in [5, 5.41) is 11.8. The van der Waals surface area contributed by atoms with Gasteiger partial charge in [-0.05, 0) is 19.9 Å². The number of nitrogens with one attached hydrogen (secondary N) is 1. The first-order valence-electron chi connectivity index (χ1n) is 4.88. The SMILES string of the molecule is CC(C)n1cnnc1C1C=CC=C(Cl)N1. The number of allylic oxidation sites excluding steroid dienone is 2. The second-order valence-electron chi connectivity index (χ2n) is 3.71. The Kier molecular flexibility index (Phi) is 2.77. The fraction of sp³-hybridized carbons (Fsp3) is 0.400. The van der Waals surface area contributed by atoms with Crippen LogP contribution in [-0.4, -0.2) is 14.8 Å². The lowest BCUT2D eigenvalue weighted by molar-refractivity contribution is 0.535. The van der Waals surface area contributed by atoms with E-state index in [4.69, 9.17) is 11.6 Å². The fourth-order valence-electron chi connectivity index (χ4n) is 1.52. The molecule has 1 aromatic rings. The molecule has 0 aliphatic carbocycles. The zero-order valence-corrected chi connectivity index (χ0v) is 9.44. The summed E-state index contributed by atoms with van der Waals surface area (Å²) >= 11 is 5.90. The third-order valence-electron chi connectivity index (χ3n) is 2.27. The topological polar surface area (TPSA) is 42.7 Å². The summed E-state index contributed by atoms with van der Waals surface area (Å²) in [6.07, 6.45) is 7.48. The molecule has 1 N–H and O–H groups in total. The maximum absolute atomic E-state index is 5.90. The Morgan fingerprint density at radius 2 is 2.33 bits per heavy atom. The monoisotopic (exact) mass is 224 g/mol. The third-order valence-corrected chi connectivity index (χ3v) is 2.51. The molecular formula is C10H13ClN4. The van der Waals surface area contributed by atoms with Crippen molar-refractivity contribution in [1.29, 1.82) is 0 Å². The predicted octanol–water partition coefficient (Wildman–Crippen LogP) is 2.14. The van der Waals surface area contributed by atoms with Gasteiger partial charge in [0.1, 0.15) is 17.5 Å². The maximum atomic E-state index is 5.90. The molecule has 1 aliphatic rings. The molecule has 1 unspecified atom stereocenters. The van der Waals surface area contributed by atoms with Crippen LogP contribution in [-0.2, 0) is 0 Å². The molecule has 1 atom stereocenters. The van der Waals surface area contributed by atoms with Crippen molar-refractivity contribution < 1.29 is 0 Å². The minimum Gasteiger partial charge on any atom is -0.363 e. The number of nitrogens with zero attached hydrogens (tertiary/aromatic N) is 3. The third kappa shape index (κ3) is 2.04. The van der Waals surface area contributed by atoms with Crippen molar-refractivity contribution in [3.63, 3.8) is 0 Å². The van der Waals surface area contributed by atoms with Gasteiger partial charge in [0.2, 0.25) is 0 Å². The summed E-state index contributed by atoms with van der Waals surface area (Å²) in [4.78, 5) is 0. The number of dihydropyridines is 1. The fourth-order valence-corrected chi connectivity index (χ4v) is 1.71. The van der Waals surface area contributed by atoms with Gasteiger partial charge in [-0.15, -0.1) is 10.2 Å². The van der Waals surface area contributed by atoms with E-state index in [1.54, 1.807) is 6.33 Å². The molecule has 2 heterocycles. The molecule has 0 spiro atoms. The Hall–Kier alpha value is -1.29. The van der Waals surface area contributed by atoms with Gasteiger partial charge >= 0.3 is 0 Å². The first-order chi connectivity index (χ1) is 7.18. The largest absolute Gasteiger partial charge is 0.363 e. The Balaban J connectivity index is 2.27. The van der Waals surface area contributed by atoms with Crippen LogP contribution in [0.4, 0.5) is 0 Å². The van der Waals surface area contributed by atoms with E-state index in [9.17, 15) is 0 Å². The molecule has 15 heavy (non-hydrogen) atoms. The zero-order chi connectivity index (χ0) is 10.8. The highest BCUT2D eigenvalue weighted by molar-refractivity contribution is 6.29. The Labute approximate surface area is 93.6 Å². The molecule has 0 radical (unpaired) electrons. The molecule has 0 saturated heterocycles. The van der Waals surface area contributed by atoms with E-state index in [1.807, 2.05) is 22.8 Å². The van der Waals surface area contributed by atoms with Crippen molar-refractivity contribution in [2.75, 3.05) is 0 Å². The Morgan fingerprint density at radius 3 is 3.00 bits per heavy atom. The first-order valence-corrected chi connectivity index (χ1v) is 5.26. The summed E-state index contributed by atoms with van der Waals surface area (Å²) in [7, 11) is 0. The number of rotatable bonds is 2. The quantitative estimate of drug-likeness (QED) is 0.783. The van der Waals surface area contributed by atoms with Gasteiger partial charge in [-0.25, -0.2) is 0 Å². The van der Waals surface area contributed by atoms with E-state index in [0.717, 1.165) is 5.82 Å². The van der Waals surface area contributed by atoms with Crippen LogP contribution in [0.3, 0.4) is 0 Å². The lowest BCUT2D eigenvalue weighted by Crippen LogP contribution is -2.23. The van der Waals surface area contributed by atoms with Gasteiger partial charge in [-0.3, -0.25) is 0 Å². The smallest absolute Gasteiger partial charge is 0.159 e. The van der Waals surface area contributed by atoms with Crippen LogP contribution in [0, 0.1) is 0 Å². The highest BCUT2D eigenvalue weighted by Crippen LogP contribution is 2.20. The van der Waals surface area contributed by atoms with E-state index in [-0.39, 0.29) is 6.04 Å². The molecule has 80 valence electrons. The van der Waals surface area contributed by atoms with Gasteiger partial charge in [-0.1, -0.05) is 23.8 Å².